The van der Waals surface area contributed by atoms with Gasteiger partial charge in [0.1, 0.15) is 17.5 Å². The lowest BCUT2D eigenvalue weighted by molar-refractivity contribution is -0.134. The first-order chi connectivity index (χ1) is 11.5. The van der Waals surface area contributed by atoms with Gasteiger partial charge < -0.3 is 10.2 Å². The van der Waals surface area contributed by atoms with Gasteiger partial charge in [0.05, 0.1) is 11.9 Å². The summed E-state index contributed by atoms with van der Waals surface area (Å²) in [7, 11) is 0. The number of Topliss-reactive ketones (excluding diaryl/α,β-unsaturated/α-hetero) is 1. The van der Waals surface area contributed by atoms with Gasteiger partial charge in [-0.2, -0.15) is 0 Å². The number of anilines is 1. The highest BCUT2D eigenvalue weighted by atomic mass is 16.2. The monoisotopic (exact) mass is 330 g/mol. The zero-order valence-corrected chi connectivity index (χ0v) is 13.1. The van der Waals surface area contributed by atoms with E-state index in [0.29, 0.717) is 25.9 Å². The molecule has 0 saturated carbocycles. The van der Waals surface area contributed by atoms with Crippen molar-refractivity contribution < 1.29 is 19.2 Å². The lowest BCUT2D eigenvalue weighted by Gasteiger charge is -2.27. The van der Waals surface area contributed by atoms with Crippen LogP contribution >= 0.6 is 0 Å². The number of piperidine rings is 2. The number of carbonyl (C=O) groups excluding carboxylic acids is 4. The molecule has 0 bridgehead atoms. The molecule has 2 N–H and O–H groups in total. The molecule has 2 saturated heterocycles. The van der Waals surface area contributed by atoms with Crippen molar-refractivity contribution in [3.05, 3.63) is 24.0 Å². The normalized spacial score (nSPS) is 21.4. The Balaban J connectivity index is 1.60. The number of amides is 3. The Morgan fingerprint density at radius 1 is 1.17 bits per heavy atom. The van der Waals surface area contributed by atoms with E-state index < -0.39 is 17.9 Å². The Morgan fingerprint density at radius 2 is 1.92 bits per heavy atom. The quantitative estimate of drug-likeness (QED) is 0.742. The third kappa shape index (κ3) is 3.58. The molecular weight excluding hydrogens is 312 g/mol. The molecule has 8 heteroatoms. The number of imide groups is 1. The van der Waals surface area contributed by atoms with Gasteiger partial charge in [-0.1, -0.05) is 0 Å². The molecule has 2 aliphatic heterocycles. The highest BCUT2D eigenvalue weighted by molar-refractivity contribution is 6.03. The van der Waals surface area contributed by atoms with Crippen molar-refractivity contribution in [2.45, 2.75) is 31.7 Å². The van der Waals surface area contributed by atoms with Gasteiger partial charge in [-0.25, -0.2) is 4.98 Å². The first-order valence-corrected chi connectivity index (χ1v) is 7.90. The topological polar surface area (TPSA) is 108 Å². The first-order valence-electron chi connectivity index (χ1n) is 7.90. The third-order valence-electron chi connectivity index (χ3n) is 4.21. The second-order valence-electron chi connectivity index (χ2n) is 5.90. The molecule has 1 atom stereocenters. The molecular formula is C16H18N4O4. The predicted octanol–water partition coefficient (Wildman–Crippen LogP) is -0.214. The minimum atomic E-state index is -0.718. The molecule has 2 fully saturated rings. The SMILES string of the molecule is O=C1CCN(c2ccc(C(=O)NC3CCC(=O)NC3=O)nc2)CC1. The minimum absolute atomic E-state index is 0.205. The van der Waals surface area contributed by atoms with E-state index in [1.54, 1.807) is 18.3 Å². The molecule has 3 heterocycles. The van der Waals surface area contributed by atoms with Crippen LogP contribution in [0.15, 0.2) is 18.3 Å². The second kappa shape index (κ2) is 6.77. The van der Waals surface area contributed by atoms with Crippen molar-refractivity contribution in [3.63, 3.8) is 0 Å². The van der Waals surface area contributed by atoms with Crippen LogP contribution in [0.4, 0.5) is 5.69 Å². The molecule has 0 aliphatic carbocycles. The lowest BCUT2D eigenvalue weighted by atomic mass is 10.1. The molecule has 1 unspecified atom stereocenters. The van der Waals surface area contributed by atoms with E-state index >= 15 is 0 Å². The fourth-order valence-electron chi connectivity index (χ4n) is 2.79. The van der Waals surface area contributed by atoms with Crippen LogP contribution in [0.25, 0.3) is 0 Å². The number of aromatic nitrogens is 1. The van der Waals surface area contributed by atoms with Crippen molar-refractivity contribution in [1.29, 1.82) is 0 Å². The Bertz CT molecular complexity index is 676. The van der Waals surface area contributed by atoms with Gasteiger partial charge in [0.15, 0.2) is 0 Å². The summed E-state index contributed by atoms with van der Waals surface area (Å²) in [6.45, 7) is 1.31. The number of hydrogen-bond acceptors (Lipinski definition) is 6. The molecule has 1 aromatic rings. The maximum atomic E-state index is 12.2. The van der Waals surface area contributed by atoms with E-state index in [-0.39, 0.29) is 30.2 Å². The Morgan fingerprint density at radius 3 is 2.54 bits per heavy atom. The number of pyridine rings is 1. The van der Waals surface area contributed by atoms with Crippen molar-refractivity contribution >= 4 is 29.2 Å². The number of nitrogens with zero attached hydrogens (tertiary/aromatic N) is 2. The van der Waals surface area contributed by atoms with E-state index in [1.165, 1.54) is 0 Å². The average Bonchev–Trinajstić information content (AvgIpc) is 2.58. The zero-order chi connectivity index (χ0) is 17.1. The zero-order valence-electron chi connectivity index (χ0n) is 13.1. The lowest BCUT2D eigenvalue weighted by Crippen LogP contribution is -2.52. The summed E-state index contributed by atoms with van der Waals surface area (Å²) in [6.07, 6.45) is 3.14. The largest absolute Gasteiger partial charge is 0.369 e. The van der Waals surface area contributed by atoms with Crippen LogP contribution in [0, 0.1) is 0 Å². The number of ketones is 1. The summed E-state index contributed by atoms with van der Waals surface area (Å²) < 4.78 is 0. The van der Waals surface area contributed by atoms with Gasteiger partial charge in [0, 0.05) is 32.4 Å². The molecule has 0 radical (unpaired) electrons. The maximum Gasteiger partial charge on any atom is 0.270 e. The number of rotatable bonds is 3. The van der Waals surface area contributed by atoms with Crippen molar-refractivity contribution in [2.24, 2.45) is 0 Å². The standard InChI is InChI=1S/C16H18N4O4/c21-11-5-7-20(8-6-11)10-1-2-12(17-9-10)15(23)18-13-3-4-14(22)19-16(13)24/h1-2,9,13H,3-8H2,(H,18,23)(H,19,22,24). The number of carbonyl (C=O) groups is 4. The van der Waals surface area contributed by atoms with Crippen LogP contribution in [-0.4, -0.2) is 47.6 Å². The molecule has 1 aromatic heterocycles. The van der Waals surface area contributed by atoms with Gasteiger partial charge in [0.25, 0.3) is 5.91 Å². The second-order valence-corrected chi connectivity index (χ2v) is 5.90. The maximum absolute atomic E-state index is 12.2. The molecule has 2 aliphatic rings. The Hall–Kier alpha value is -2.77. The van der Waals surface area contributed by atoms with Crippen molar-refractivity contribution in [3.8, 4) is 0 Å². The van der Waals surface area contributed by atoms with Gasteiger partial charge in [-0.05, 0) is 18.6 Å². The third-order valence-corrected chi connectivity index (χ3v) is 4.21. The first kappa shape index (κ1) is 16.1. The highest BCUT2D eigenvalue weighted by Gasteiger charge is 2.28. The summed E-state index contributed by atoms with van der Waals surface area (Å²) in [4.78, 5) is 52.4. The summed E-state index contributed by atoms with van der Waals surface area (Å²) in [5.41, 5.74) is 1.07. The van der Waals surface area contributed by atoms with Crippen LogP contribution in [0.5, 0.6) is 0 Å². The van der Waals surface area contributed by atoms with Crippen LogP contribution in [0.2, 0.25) is 0 Å². The fraction of sp³-hybridized carbons (Fsp3) is 0.438. The molecule has 24 heavy (non-hydrogen) atoms. The molecule has 8 nitrogen and oxygen atoms in total. The van der Waals surface area contributed by atoms with E-state index in [4.69, 9.17) is 0 Å². The average molecular weight is 330 g/mol. The van der Waals surface area contributed by atoms with E-state index in [9.17, 15) is 19.2 Å². The smallest absolute Gasteiger partial charge is 0.270 e. The summed E-state index contributed by atoms with van der Waals surface area (Å²) in [6, 6.07) is 2.65. The van der Waals surface area contributed by atoms with E-state index in [2.05, 4.69) is 20.5 Å². The summed E-state index contributed by atoms with van der Waals surface area (Å²) in [5.74, 6) is -1.01. The Kier molecular flexibility index (Phi) is 4.54. The molecule has 0 spiro atoms. The predicted molar refractivity (Wildman–Crippen MR) is 84.3 cm³/mol. The highest BCUT2D eigenvalue weighted by Crippen LogP contribution is 2.17. The summed E-state index contributed by atoms with van der Waals surface area (Å²) in [5, 5.41) is 4.78. The Labute approximate surface area is 138 Å². The molecule has 3 rings (SSSR count). The van der Waals surface area contributed by atoms with Crippen LogP contribution < -0.4 is 15.5 Å². The van der Waals surface area contributed by atoms with Gasteiger partial charge in [-0.3, -0.25) is 24.5 Å². The minimum Gasteiger partial charge on any atom is -0.369 e. The number of nitrogens with one attached hydrogen (secondary N) is 2. The van der Waals surface area contributed by atoms with Gasteiger partial charge >= 0.3 is 0 Å². The van der Waals surface area contributed by atoms with Gasteiger partial charge in [-0.15, -0.1) is 0 Å². The van der Waals surface area contributed by atoms with Gasteiger partial charge in [0.2, 0.25) is 11.8 Å². The van der Waals surface area contributed by atoms with E-state index in [1.807, 2.05) is 0 Å². The molecule has 0 aromatic carbocycles. The van der Waals surface area contributed by atoms with Crippen molar-refractivity contribution in [2.75, 3.05) is 18.0 Å². The van der Waals surface area contributed by atoms with Crippen LogP contribution in [-0.2, 0) is 14.4 Å². The van der Waals surface area contributed by atoms with Crippen molar-refractivity contribution in [1.82, 2.24) is 15.6 Å². The summed E-state index contributed by atoms with van der Waals surface area (Å²) >= 11 is 0. The van der Waals surface area contributed by atoms with E-state index in [0.717, 1.165) is 5.69 Å². The van der Waals surface area contributed by atoms with Crippen LogP contribution in [0.3, 0.4) is 0 Å². The number of hydrogen-bond donors (Lipinski definition) is 2. The molecule has 3 amide bonds. The molecule has 126 valence electrons. The van der Waals surface area contributed by atoms with Crippen LogP contribution in [0.1, 0.15) is 36.2 Å². The fourth-order valence-corrected chi connectivity index (χ4v) is 2.79.